The van der Waals surface area contributed by atoms with Crippen molar-refractivity contribution in [3.05, 3.63) is 212 Å². The quantitative estimate of drug-likeness (QED) is 0.161. The Hall–Kier alpha value is -7.57. The summed E-state index contributed by atoms with van der Waals surface area (Å²) in [5.74, 6) is 0.686. The van der Waals surface area contributed by atoms with Crippen LogP contribution in [0.3, 0.4) is 0 Å². The van der Waals surface area contributed by atoms with Crippen LogP contribution in [0.15, 0.2) is 212 Å². The summed E-state index contributed by atoms with van der Waals surface area (Å²) in [5, 5.41) is 5.13. The monoisotopic (exact) mass is 825 g/mol. The summed E-state index contributed by atoms with van der Waals surface area (Å²) in [7, 11) is 0. The number of pyridine rings is 1. The second kappa shape index (κ2) is 15.2. The van der Waals surface area contributed by atoms with Gasteiger partial charge < -0.3 is 0 Å². The maximum absolute atomic E-state index is 5.40. The van der Waals surface area contributed by atoms with E-state index < -0.39 is 0 Å². The fraction of sp³-hybridized carbons (Fsp3) is 0. The molecule has 12 rings (SSSR count). The second-order valence-electron chi connectivity index (χ2n) is 15.6. The van der Waals surface area contributed by atoms with E-state index in [9.17, 15) is 0 Å². The molecule has 0 aliphatic heterocycles. The first-order valence-electron chi connectivity index (χ1n) is 20.7. The molecule has 0 fully saturated rings. The molecule has 0 aliphatic rings. The number of hydrogen-bond donors (Lipinski definition) is 0. The van der Waals surface area contributed by atoms with Gasteiger partial charge in [0.05, 0.1) is 17.1 Å². The molecule has 4 heterocycles. The maximum atomic E-state index is 5.40. The van der Waals surface area contributed by atoms with Crippen LogP contribution < -0.4 is 0 Å². The van der Waals surface area contributed by atoms with Crippen LogP contribution in [0, 0.1) is 0 Å². The number of fused-ring (bicyclic) bond motifs is 6. The first-order chi connectivity index (χ1) is 30.7. The van der Waals surface area contributed by atoms with Gasteiger partial charge >= 0.3 is 0 Å². The third-order valence-electron chi connectivity index (χ3n) is 11.8. The topological polar surface area (TPSA) is 38.7 Å². The number of aromatic nitrogens is 3. The minimum atomic E-state index is 0.686. The fourth-order valence-electron chi connectivity index (χ4n) is 8.70. The average molecular weight is 826 g/mol. The molecule has 8 aromatic carbocycles. The zero-order valence-electron chi connectivity index (χ0n) is 33.4. The van der Waals surface area contributed by atoms with Crippen molar-refractivity contribution in [3.8, 4) is 78.5 Å². The first-order valence-corrected chi connectivity index (χ1v) is 22.4. The highest BCUT2D eigenvalue weighted by Gasteiger charge is 2.18. The third kappa shape index (κ3) is 6.47. The minimum Gasteiger partial charge on any atom is -0.256 e. The SMILES string of the molecule is c1ccc(-c2cc(-c3ccc(-c4ccc(-c5ccccn5)cc4)cc3)nc(-c3cc(-c4cccc5c4sc4ccccc45)cc(-c4cccc5c4sc4ccccc45)c3)n2)cc1. The molecule has 12 aromatic rings. The number of benzene rings is 8. The molecule has 0 amide bonds. The number of rotatable bonds is 7. The average Bonchev–Trinajstić information content (AvgIpc) is 3.93. The van der Waals surface area contributed by atoms with Gasteiger partial charge in [0.2, 0.25) is 0 Å². The lowest BCUT2D eigenvalue weighted by atomic mass is 9.94. The summed E-state index contributed by atoms with van der Waals surface area (Å²) in [6.07, 6.45) is 1.83. The summed E-state index contributed by atoms with van der Waals surface area (Å²) >= 11 is 3.72. The Kier molecular flexibility index (Phi) is 8.87. The summed E-state index contributed by atoms with van der Waals surface area (Å²) in [6, 6.07) is 73.7. The highest BCUT2D eigenvalue weighted by Crippen LogP contribution is 2.45. The summed E-state index contributed by atoms with van der Waals surface area (Å²) < 4.78 is 5.14. The smallest absolute Gasteiger partial charge is 0.160 e. The van der Waals surface area contributed by atoms with E-state index >= 15 is 0 Å². The second-order valence-corrected chi connectivity index (χ2v) is 17.7. The molecule has 0 atom stereocenters. The molecule has 5 heteroatoms. The van der Waals surface area contributed by atoms with Gasteiger partial charge in [-0.25, -0.2) is 9.97 Å². The van der Waals surface area contributed by atoms with Gasteiger partial charge in [-0.1, -0.05) is 158 Å². The van der Waals surface area contributed by atoms with Gasteiger partial charge in [-0.05, 0) is 81.9 Å². The van der Waals surface area contributed by atoms with Gasteiger partial charge in [-0.15, -0.1) is 22.7 Å². The van der Waals surface area contributed by atoms with Crippen LogP contribution in [-0.2, 0) is 0 Å². The predicted molar refractivity (Wildman–Crippen MR) is 264 cm³/mol. The van der Waals surface area contributed by atoms with Crippen LogP contribution in [-0.4, -0.2) is 15.0 Å². The Balaban J connectivity index is 1.03. The van der Waals surface area contributed by atoms with Crippen molar-refractivity contribution >= 4 is 63.0 Å². The lowest BCUT2D eigenvalue weighted by Gasteiger charge is -2.14. The van der Waals surface area contributed by atoms with Crippen LogP contribution >= 0.6 is 22.7 Å². The highest BCUT2D eigenvalue weighted by molar-refractivity contribution is 7.26. The van der Waals surface area contributed by atoms with Gasteiger partial charge in [-0.2, -0.15) is 0 Å². The molecule has 0 unspecified atom stereocenters. The van der Waals surface area contributed by atoms with Crippen molar-refractivity contribution < 1.29 is 0 Å². The Morgan fingerprint density at radius 2 is 0.742 bits per heavy atom. The Morgan fingerprint density at radius 3 is 1.29 bits per heavy atom. The molecule has 0 saturated carbocycles. The van der Waals surface area contributed by atoms with Crippen molar-refractivity contribution in [1.82, 2.24) is 15.0 Å². The zero-order chi connectivity index (χ0) is 41.0. The van der Waals surface area contributed by atoms with E-state index in [1.165, 1.54) is 51.5 Å². The normalized spacial score (nSPS) is 11.5. The third-order valence-corrected chi connectivity index (χ3v) is 14.2. The highest BCUT2D eigenvalue weighted by atomic mass is 32.1. The Morgan fingerprint density at radius 1 is 0.290 bits per heavy atom. The molecule has 0 saturated heterocycles. The van der Waals surface area contributed by atoms with E-state index in [2.05, 4.69) is 187 Å². The molecule has 0 bridgehead atoms. The van der Waals surface area contributed by atoms with Crippen LogP contribution in [0.2, 0.25) is 0 Å². The molecule has 0 aliphatic carbocycles. The molecule has 62 heavy (non-hydrogen) atoms. The molecule has 4 aromatic heterocycles. The number of hydrogen-bond acceptors (Lipinski definition) is 5. The van der Waals surface area contributed by atoms with Crippen molar-refractivity contribution in [2.24, 2.45) is 0 Å². The lowest BCUT2D eigenvalue weighted by molar-refractivity contribution is 1.18. The van der Waals surface area contributed by atoms with Crippen molar-refractivity contribution in [2.75, 3.05) is 0 Å². The van der Waals surface area contributed by atoms with Crippen molar-refractivity contribution in [3.63, 3.8) is 0 Å². The first kappa shape index (κ1) is 36.3. The van der Waals surface area contributed by atoms with Gasteiger partial charge in [0.25, 0.3) is 0 Å². The molecule has 0 N–H and O–H groups in total. The number of nitrogens with zero attached hydrogens (tertiary/aromatic N) is 3. The molecule has 3 nitrogen and oxygen atoms in total. The number of thiophene rings is 2. The molecular weight excluding hydrogens is 791 g/mol. The van der Waals surface area contributed by atoms with Gasteiger partial charge in [0.15, 0.2) is 5.82 Å². The predicted octanol–water partition coefficient (Wildman–Crippen LogP) is 16.3. The van der Waals surface area contributed by atoms with Crippen LogP contribution in [0.4, 0.5) is 0 Å². The Labute approximate surface area is 366 Å². The van der Waals surface area contributed by atoms with Crippen molar-refractivity contribution in [1.29, 1.82) is 0 Å². The summed E-state index contributed by atoms with van der Waals surface area (Å²) in [6.45, 7) is 0. The van der Waals surface area contributed by atoms with Crippen LogP contribution in [0.25, 0.3) is 119 Å². The molecule has 290 valence electrons. The maximum Gasteiger partial charge on any atom is 0.160 e. The van der Waals surface area contributed by atoms with E-state index in [1.807, 2.05) is 53.1 Å². The van der Waals surface area contributed by atoms with Gasteiger partial charge in [-0.3, -0.25) is 4.98 Å². The van der Waals surface area contributed by atoms with Crippen LogP contribution in [0.5, 0.6) is 0 Å². The molecular formula is C57H35N3S2. The van der Waals surface area contributed by atoms with E-state index in [0.29, 0.717) is 5.82 Å². The minimum absolute atomic E-state index is 0.686. The van der Waals surface area contributed by atoms with E-state index in [4.69, 9.17) is 9.97 Å². The van der Waals surface area contributed by atoms with E-state index in [-0.39, 0.29) is 0 Å². The zero-order valence-corrected chi connectivity index (χ0v) is 35.0. The van der Waals surface area contributed by atoms with Gasteiger partial charge in [0.1, 0.15) is 0 Å². The fourth-order valence-corrected chi connectivity index (χ4v) is 11.2. The lowest BCUT2D eigenvalue weighted by Crippen LogP contribution is -1.97. The molecule has 0 spiro atoms. The van der Waals surface area contributed by atoms with Crippen LogP contribution in [0.1, 0.15) is 0 Å². The van der Waals surface area contributed by atoms with E-state index in [0.717, 1.165) is 61.6 Å². The van der Waals surface area contributed by atoms with Gasteiger partial charge in [0, 0.05) is 68.8 Å². The summed E-state index contributed by atoms with van der Waals surface area (Å²) in [5.41, 5.74) is 13.8. The van der Waals surface area contributed by atoms with E-state index in [1.54, 1.807) is 0 Å². The largest absolute Gasteiger partial charge is 0.256 e. The molecule has 0 radical (unpaired) electrons. The van der Waals surface area contributed by atoms with Crippen molar-refractivity contribution in [2.45, 2.75) is 0 Å². The summed E-state index contributed by atoms with van der Waals surface area (Å²) in [4.78, 5) is 15.3. The Bertz CT molecular complexity index is 3480. The standard InChI is InChI=1S/C57H35N3S2/c1-2-12-38(13-3-1)51-35-52(40-29-25-37(26-30-40)36-23-27-39(28-24-36)50-20-8-9-31-58-50)60-57(59-51)43-33-41(44-16-10-18-48-46-14-4-6-21-53(46)61-55(44)48)32-42(34-43)45-17-11-19-49-47-15-5-7-22-54(47)62-56(45)49/h1-35H.